The van der Waals surface area contributed by atoms with Gasteiger partial charge in [0.15, 0.2) is 0 Å². The number of aromatic nitrogens is 2. The number of allylic oxidation sites excluding steroid dienone is 1. The average Bonchev–Trinajstić information content (AvgIpc) is 3.34. The van der Waals surface area contributed by atoms with E-state index in [1.165, 1.54) is 55.5 Å². The van der Waals surface area contributed by atoms with Crippen LogP contribution in [0.1, 0.15) is 76.6 Å². The number of aryl methyl sites for hydroxylation is 3. The molecule has 1 N–H and O–H groups in total. The Balaban J connectivity index is 1.81. The number of nitrogens with zero attached hydrogens (tertiary/aromatic N) is 3. The van der Waals surface area contributed by atoms with Crippen molar-refractivity contribution in [2.75, 3.05) is 14.1 Å². The molecule has 4 nitrogen and oxygen atoms in total. The molecule has 0 aliphatic heterocycles. The molecule has 2 aromatic heterocycles. The van der Waals surface area contributed by atoms with Gasteiger partial charge in [0, 0.05) is 47.1 Å². The Morgan fingerprint density at radius 2 is 1.79 bits per heavy atom. The van der Waals surface area contributed by atoms with Gasteiger partial charge in [0.05, 0.1) is 11.7 Å². The molecular weight excluding hydrogens is 585 g/mol. The van der Waals surface area contributed by atoms with Crippen LogP contribution in [-0.4, -0.2) is 40.6 Å². The summed E-state index contributed by atoms with van der Waals surface area (Å²) in [5.41, 5.74) is 12.9. The number of hydrogen-bond acceptors (Lipinski definition) is 3. The van der Waals surface area contributed by atoms with Gasteiger partial charge in [0.25, 0.3) is 0 Å². The van der Waals surface area contributed by atoms with Crippen LogP contribution in [0.3, 0.4) is 0 Å². The van der Waals surface area contributed by atoms with Gasteiger partial charge in [-0.1, -0.05) is 83.2 Å². The van der Waals surface area contributed by atoms with Crippen LogP contribution >= 0.6 is 0 Å². The molecule has 2 aromatic carbocycles. The van der Waals surface area contributed by atoms with Crippen LogP contribution in [0, 0.1) is 18.3 Å². The lowest BCUT2D eigenvalue weighted by atomic mass is 9.80. The highest BCUT2D eigenvalue weighted by atomic mass is 15.1. The van der Waals surface area contributed by atoms with Crippen LogP contribution in [0.2, 0.25) is 0 Å². The van der Waals surface area contributed by atoms with Gasteiger partial charge in [-0.3, -0.25) is 4.98 Å². The van der Waals surface area contributed by atoms with Crippen molar-refractivity contribution in [1.29, 1.82) is 0 Å². The Hall–Kier alpha value is -3.89. The van der Waals surface area contributed by atoms with E-state index >= 15 is 0 Å². The van der Waals surface area contributed by atoms with E-state index in [1.807, 2.05) is 12.3 Å². The first-order valence-corrected chi connectivity index (χ1v) is 17.9. The smallest absolute Gasteiger partial charge is 0.0542 e. The monoisotopic (exact) mass is 644 g/mol. The van der Waals surface area contributed by atoms with Gasteiger partial charge in [-0.2, -0.15) is 0 Å². The molecule has 0 aliphatic rings. The fraction of sp³-hybridized carbons (Fsp3) is 0.432. The fourth-order valence-electron chi connectivity index (χ4n) is 7.65. The van der Waals surface area contributed by atoms with Crippen LogP contribution in [-0.2, 0) is 25.8 Å². The number of pyridine rings is 1. The lowest BCUT2D eigenvalue weighted by Gasteiger charge is -2.32. The molecule has 0 spiro atoms. The molecule has 256 valence electrons. The molecule has 2 atom stereocenters. The van der Waals surface area contributed by atoms with Crippen molar-refractivity contribution in [3.63, 3.8) is 0 Å². The maximum atomic E-state index is 4.62. The van der Waals surface area contributed by atoms with Gasteiger partial charge in [-0.05, 0) is 117 Å². The molecular formula is C44H60N4. The first-order chi connectivity index (χ1) is 22.8. The van der Waals surface area contributed by atoms with Crippen molar-refractivity contribution in [2.45, 2.75) is 99.2 Å². The summed E-state index contributed by atoms with van der Waals surface area (Å²) < 4.78 is 2.52. The third-order valence-corrected chi connectivity index (χ3v) is 9.84. The zero-order valence-corrected chi connectivity index (χ0v) is 31.3. The van der Waals surface area contributed by atoms with Gasteiger partial charge in [0.1, 0.15) is 0 Å². The highest BCUT2D eigenvalue weighted by Gasteiger charge is 2.27. The summed E-state index contributed by atoms with van der Waals surface area (Å²) in [6.07, 6.45) is 13.0. The molecule has 0 radical (unpaired) electrons. The van der Waals surface area contributed by atoms with Crippen molar-refractivity contribution < 1.29 is 0 Å². The maximum Gasteiger partial charge on any atom is 0.0542 e. The summed E-state index contributed by atoms with van der Waals surface area (Å²) in [6.45, 7) is 29.5. The van der Waals surface area contributed by atoms with E-state index in [9.17, 15) is 0 Å². The van der Waals surface area contributed by atoms with E-state index in [0.717, 1.165) is 44.3 Å². The van der Waals surface area contributed by atoms with Gasteiger partial charge < -0.3 is 14.8 Å². The number of benzene rings is 2. The summed E-state index contributed by atoms with van der Waals surface area (Å²) >= 11 is 0. The largest absolute Gasteiger partial charge is 0.381 e. The molecule has 0 aliphatic carbocycles. The van der Waals surface area contributed by atoms with E-state index in [2.05, 4.69) is 157 Å². The molecule has 0 saturated carbocycles. The molecule has 48 heavy (non-hydrogen) atoms. The Morgan fingerprint density at radius 3 is 2.42 bits per heavy atom. The zero-order chi connectivity index (χ0) is 35.2. The highest BCUT2D eigenvalue weighted by molar-refractivity contribution is 5.95. The minimum Gasteiger partial charge on any atom is -0.381 e. The Labute approximate surface area is 291 Å². The highest BCUT2D eigenvalue weighted by Crippen LogP contribution is 2.42. The first-order valence-electron chi connectivity index (χ1n) is 17.9. The van der Waals surface area contributed by atoms with E-state index in [0.29, 0.717) is 5.92 Å². The number of hydrogen-bond donors (Lipinski definition) is 1. The van der Waals surface area contributed by atoms with Crippen molar-refractivity contribution >= 4 is 10.9 Å². The number of likely N-dealkylation sites (N-methyl/N-ethyl adjacent to an activating group) is 1. The summed E-state index contributed by atoms with van der Waals surface area (Å²) in [5, 5.41) is 5.04. The van der Waals surface area contributed by atoms with E-state index < -0.39 is 0 Å². The minimum atomic E-state index is 0.0913. The second kappa shape index (κ2) is 16.0. The van der Waals surface area contributed by atoms with E-state index in [4.69, 9.17) is 0 Å². The summed E-state index contributed by atoms with van der Waals surface area (Å²) in [6, 6.07) is 16.6. The standard InChI is InChI=1S/C44H60N4/c1-13-17-21-44(9,10)28-39-38-27-35(18-19-41(38)48(16-4)43(39)40-29-45-22-20-34(40)14-2)36-24-31(7)23-33(25-36)26-37(15-3)46-32(8)42(30(5)6)47(11)12/h13,15,18-20,22-25,27,29-30,37,42,46H,1,3,8,14,16-17,21,26,28H2,2,4-7,9-12H3. The lowest BCUT2D eigenvalue weighted by Crippen LogP contribution is -2.42. The van der Waals surface area contributed by atoms with Gasteiger partial charge >= 0.3 is 0 Å². The van der Waals surface area contributed by atoms with Crippen molar-refractivity contribution in [3.05, 3.63) is 115 Å². The topological polar surface area (TPSA) is 33.1 Å². The molecule has 4 rings (SSSR count). The third kappa shape index (κ3) is 8.39. The number of fused-ring (bicyclic) bond motifs is 1. The van der Waals surface area contributed by atoms with Gasteiger partial charge in [-0.25, -0.2) is 0 Å². The van der Waals surface area contributed by atoms with Crippen molar-refractivity contribution in [2.24, 2.45) is 11.3 Å². The third-order valence-electron chi connectivity index (χ3n) is 9.84. The Kier molecular flexibility index (Phi) is 12.3. The average molecular weight is 645 g/mol. The maximum absolute atomic E-state index is 4.62. The summed E-state index contributed by atoms with van der Waals surface area (Å²) in [4.78, 5) is 6.86. The van der Waals surface area contributed by atoms with Crippen LogP contribution in [0.15, 0.2) is 92.4 Å². The fourth-order valence-corrected chi connectivity index (χ4v) is 7.65. The van der Waals surface area contributed by atoms with E-state index in [-0.39, 0.29) is 17.5 Å². The predicted octanol–water partition coefficient (Wildman–Crippen LogP) is 10.6. The first kappa shape index (κ1) is 36.9. The van der Waals surface area contributed by atoms with Crippen LogP contribution < -0.4 is 5.32 Å². The quantitative estimate of drug-likeness (QED) is 0.116. The van der Waals surface area contributed by atoms with Crippen LogP contribution in [0.5, 0.6) is 0 Å². The van der Waals surface area contributed by atoms with Crippen molar-refractivity contribution in [3.8, 4) is 22.4 Å². The number of nitrogens with one attached hydrogen (secondary N) is 1. The minimum absolute atomic E-state index is 0.0913. The molecule has 2 heterocycles. The molecule has 0 bridgehead atoms. The second-order valence-electron chi connectivity index (χ2n) is 14.9. The number of rotatable bonds is 17. The lowest BCUT2D eigenvalue weighted by molar-refractivity contribution is 0.255. The van der Waals surface area contributed by atoms with Gasteiger partial charge in [-0.15, -0.1) is 13.2 Å². The molecule has 4 aromatic rings. The summed E-state index contributed by atoms with van der Waals surface area (Å²) in [5.74, 6) is 0.457. The Morgan fingerprint density at radius 1 is 1.04 bits per heavy atom. The summed E-state index contributed by atoms with van der Waals surface area (Å²) in [7, 11) is 4.24. The van der Waals surface area contributed by atoms with Crippen LogP contribution in [0.4, 0.5) is 0 Å². The zero-order valence-electron chi connectivity index (χ0n) is 31.3. The van der Waals surface area contributed by atoms with Gasteiger partial charge in [0.2, 0.25) is 0 Å². The van der Waals surface area contributed by atoms with E-state index in [1.54, 1.807) is 0 Å². The molecule has 0 amide bonds. The molecule has 0 saturated heterocycles. The Bertz CT molecular complexity index is 1730. The van der Waals surface area contributed by atoms with Crippen molar-refractivity contribution in [1.82, 2.24) is 19.8 Å². The SMILES string of the molecule is C=CCCC(C)(C)Cc1c(-c2cnccc2CC)n(CC)c2ccc(-c3cc(C)cc(CC(C=C)NC(=C)C(C(C)C)N(C)C)c3)cc12. The molecule has 0 fully saturated rings. The second-order valence-corrected chi connectivity index (χ2v) is 14.9. The predicted molar refractivity (Wildman–Crippen MR) is 210 cm³/mol. The van der Waals surface area contributed by atoms with Crippen LogP contribution in [0.25, 0.3) is 33.3 Å². The normalized spacial score (nSPS) is 13.2. The molecule has 4 heteroatoms. The molecule has 2 unspecified atom stereocenters.